The van der Waals surface area contributed by atoms with Crippen molar-refractivity contribution >= 4 is 17.1 Å². The third kappa shape index (κ3) is 8.32. The van der Waals surface area contributed by atoms with E-state index in [-0.39, 0.29) is 18.1 Å². The molecule has 38 heavy (non-hydrogen) atoms. The summed E-state index contributed by atoms with van der Waals surface area (Å²) in [5.41, 5.74) is 6.82. The van der Waals surface area contributed by atoms with Gasteiger partial charge in [-0.3, -0.25) is 0 Å². The van der Waals surface area contributed by atoms with Gasteiger partial charge in [0.05, 0.1) is 42.7 Å². The fourth-order valence-corrected chi connectivity index (χ4v) is 3.25. The van der Waals surface area contributed by atoms with Crippen molar-refractivity contribution in [3.63, 3.8) is 0 Å². The molecule has 1 unspecified atom stereocenters. The number of benzene rings is 2. The summed E-state index contributed by atoms with van der Waals surface area (Å²) in [4.78, 5) is 10.1. The molecule has 1 aromatic heterocycles. The molecule has 0 fully saturated rings. The lowest BCUT2D eigenvalue weighted by molar-refractivity contribution is -0.0498. The maximum Gasteiger partial charge on any atom is 0.387 e. The van der Waals surface area contributed by atoms with E-state index in [2.05, 4.69) is 44.5 Å². The molecule has 3 rings (SSSR count). The number of hydrogen-bond donors (Lipinski definition) is 2. The molecule has 12 heteroatoms. The second-order valence-corrected chi connectivity index (χ2v) is 7.68. The Morgan fingerprint density at radius 1 is 1.05 bits per heavy atom. The maximum atomic E-state index is 13.6. The molecule has 0 radical (unpaired) electrons. The number of hydrogen-bond acceptors (Lipinski definition) is 7. The first-order chi connectivity index (χ1) is 18.3. The molecule has 0 aliphatic rings. The zero-order valence-corrected chi connectivity index (χ0v) is 20.3. The highest BCUT2D eigenvalue weighted by atomic mass is 19.3. The maximum absolute atomic E-state index is 13.6. The van der Waals surface area contributed by atoms with Crippen molar-refractivity contribution in [2.45, 2.75) is 32.0 Å². The minimum atomic E-state index is -3.05. The normalized spacial score (nSPS) is 11.3. The van der Waals surface area contributed by atoms with Crippen LogP contribution in [0.4, 0.5) is 39.0 Å². The van der Waals surface area contributed by atoms with E-state index in [0.717, 1.165) is 0 Å². The summed E-state index contributed by atoms with van der Waals surface area (Å²) in [6.45, 7) is -3.20. The van der Waals surface area contributed by atoms with E-state index in [0.29, 0.717) is 22.6 Å². The van der Waals surface area contributed by atoms with Crippen LogP contribution >= 0.6 is 0 Å². The molecule has 0 aliphatic carbocycles. The Hall–Kier alpha value is -4.42. The molecule has 1 atom stereocenters. The average molecular weight is 533 g/mol. The van der Waals surface area contributed by atoms with E-state index in [9.17, 15) is 27.2 Å². The number of halogens is 5. The SMILES string of the molecule is C#C.CC(C#N)c1ccc(OC(F)F)cc1N(Cc1ncc(NNC(CF)CF)cn1)c1ccc(F)cc1. The molecule has 3 aromatic rings. The van der Waals surface area contributed by atoms with Gasteiger partial charge in [0.2, 0.25) is 0 Å². The molecule has 0 saturated carbocycles. The van der Waals surface area contributed by atoms with Crippen LogP contribution in [0.15, 0.2) is 54.9 Å². The second-order valence-electron chi connectivity index (χ2n) is 7.68. The van der Waals surface area contributed by atoms with Crippen molar-refractivity contribution in [2.75, 3.05) is 23.7 Å². The molecule has 0 saturated heterocycles. The fourth-order valence-electron chi connectivity index (χ4n) is 3.25. The lowest BCUT2D eigenvalue weighted by Crippen LogP contribution is -2.37. The summed E-state index contributed by atoms with van der Waals surface area (Å²) in [6.07, 6.45) is 10.8. The van der Waals surface area contributed by atoms with Crippen LogP contribution in [-0.2, 0) is 6.54 Å². The molecular formula is C26H25F5N6O. The quantitative estimate of drug-likeness (QED) is 0.177. The number of alkyl halides is 4. The third-order valence-electron chi connectivity index (χ3n) is 5.11. The van der Waals surface area contributed by atoms with E-state index in [1.165, 1.54) is 54.9 Å². The second kappa shape index (κ2) is 15.0. The van der Waals surface area contributed by atoms with Gasteiger partial charge in [0, 0.05) is 17.4 Å². The van der Waals surface area contributed by atoms with Gasteiger partial charge in [-0.15, -0.1) is 12.8 Å². The zero-order chi connectivity index (χ0) is 28.1. The van der Waals surface area contributed by atoms with Crippen LogP contribution in [0.3, 0.4) is 0 Å². The Morgan fingerprint density at radius 2 is 1.68 bits per heavy atom. The number of rotatable bonds is 12. The van der Waals surface area contributed by atoms with Crippen molar-refractivity contribution in [1.29, 1.82) is 5.26 Å². The van der Waals surface area contributed by atoms with E-state index >= 15 is 0 Å². The summed E-state index contributed by atoms with van der Waals surface area (Å²) in [5, 5.41) is 9.51. The first-order valence-corrected chi connectivity index (χ1v) is 11.1. The fraction of sp³-hybridized carbons (Fsp3) is 0.269. The lowest BCUT2D eigenvalue weighted by Gasteiger charge is -2.28. The first-order valence-electron chi connectivity index (χ1n) is 11.1. The Labute approximate surface area is 217 Å². The van der Waals surface area contributed by atoms with Crippen LogP contribution in [0.5, 0.6) is 5.75 Å². The molecule has 2 aromatic carbocycles. The van der Waals surface area contributed by atoms with Crippen molar-refractivity contribution in [1.82, 2.24) is 15.4 Å². The topological polar surface area (TPSA) is 86.1 Å². The highest BCUT2D eigenvalue weighted by molar-refractivity contribution is 5.69. The molecule has 2 N–H and O–H groups in total. The molecule has 1 heterocycles. The summed E-state index contributed by atoms with van der Waals surface area (Å²) in [5.74, 6) is -0.921. The monoisotopic (exact) mass is 532 g/mol. The van der Waals surface area contributed by atoms with Gasteiger partial charge in [0.15, 0.2) is 0 Å². The summed E-state index contributed by atoms with van der Waals surface area (Å²) >= 11 is 0. The minimum absolute atomic E-state index is 0.0141. The van der Waals surface area contributed by atoms with Crippen LogP contribution in [0.25, 0.3) is 0 Å². The molecule has 7 nitrogen and oxygen atoms in total. The number of nitriles is 1. The smallest absolute Gasteiger partial charge is 0.387 e. The zero-order valence-electron chi connectivity index (χ0n) is 20.3. The number of aromatic nitrogens is 2. The number of nitrogens with zero attached hydrogens (tertiary/aromatic N) is 4. The average Bonchev–Trinajstić information content (AvgIpc) is 2.94. The van der Waals surface area contributed by atoms with Crippen LogP contribution in [-0.4, -0.2) is 36.0 Å². The number of nitrogens with one attached hydrogen (secondary N) is 2. The van der Waals surface area contributed by atoms with Crippen molar-refractivity contribution in [3.8, 4) is 24.7 Å². The number of hydrazine groups is 1. The highest BCUT2D eigenvalue weighted by Gasteiger charge is 2.21. The van der Waals surface area contributed by atoms with Gasteiger partial charge in [0.25, 0.3) is 0 Å². The molecule has 0 bridgehead atoms. The number of terminal acetylenes is 1. The highest BCUT2D eigenvalue weighted by Crippen LogP contribution is 2.37. The summed E-state index contributed by atoms with van der Waals surface area (Å²) in [7, 11) is 0. The Bertz CT molecular complexity index is 1200. The number of anilines is 3. The van der Waals surface area contributed by atoms with Crippen molar-refractivity contribution in [3.05, 3.63) is 72.1 Å². The minimum Gasteiger partial charge on any atom is -0.435 e. The molecule has 0 amide bonds. The van der Waals surface area contributed by atoms with Gasteiger partial charge < -0.3 is 15.1 Å². The van der Waals surface area contributed by atoms with Crippen LogP contribution in [0, 0.1) is 30.0 Å². The van der Waals surface area contributed by atoms with Crippen molar-refractivity contribution in [2.24, 2.45) is 0 Å². The first kappa shape index (κ1) is 29.8. The van der Waals surface area contributed by atoms with Crippen molar-refractivity contribution < 1.29 is 26.7 Å². The van der Waals surface area contributed by atoms with Gasteiger partial charge in [-0.2, -0.15) is 14.0 Å². The van der Waals surface area contributed by atoms with Gasteiger partial charge in [0.1, 0.15) is 30.7 Å². The van der Waals surface area contributed by atoms with E-state index in [1.807, 2.05) is 0 Å². The molecule has 0 spiro atoms. The van der Waals surface area contributed by atoms with Crippen LogP contribution < -0.4 is 20.5 Å². The summed E-state index contributed by atoms with van der Waals surface area (Å²) < 4.78 is 69.3. The lowest BCUT2D eigenvalue weighted by atomic mass is 9.99. The molecular weight excluding hydrogens is 507 g/mol. The van der Waals surface area contributed by atoms with E-state index in [4.69, 9.17) is 0 Å². The van der Waals surface area contributed by atoms with Crippen LogP contribution in [0.2, 0.25) is 0 Å². The van der Waals surface area contributed by atoms with E-state index in [1.54, 1.807) is 11.8 Å². The van der Waals surface area contributed by atoms with Gasteiger partial charge in [-0.05, 0) is 42.8 Å². The van der Waals surface area contributed by atoms with Crippen LogP contribution in [0.1, 0.15) is 24.2 Å². The largest absolute Gasteiger partial charge is 0.435 e. The van der Waals surface area contributed by atoms with E-state index < -0.39 is 37.7 Å². The standard InChI is InChI=1S/C24H23F5N6O.C2H2/c1-15(11-30)21-7-6-20(36-24(28)29)8-22(21)35(19-4-2-16(27)3-5-19)14-23-31-12-18(13-32-23)34-33-17(9-25)10-26;1-2/h2-8,12-13,15,17,24,33-34H,9-10,14H2,1H3;1-2H. The predicted molar refractivity (Wildman–Crippen MR) is 134 cm³/mol. The van der Waals surface area contributed by atoms with Gasteiger partial charge >= 0.3 is 6.61 Å². The molecule has 0 aliphatic heterocycles. The van der Waals surface area contributed by atoms with Gasteiger partial charge in [-0.25, -0.2) is 28.6 Å². The molecule has 200 valence electrons. The Kier molecular flexibility index (Phi) is 11.7. The Morgan fingerprint density at radius 3 is 2.24 bits per heavy atom. The third-order valence-corrected chi connectivity index (χ3v) is 5.11. The Balaban J connectivity index is 0.00000247. The van der Waals surface area contributed by atoms with Gasteiger partial charge in [-0.1, -0.05) is 6.07 Å². The number of ether oxygens (including phenoxy) is 1. The predicted octanol–water partition coefficient (Wildman–Crippen LogP) is 5.66. The summed E-state index contributed by atoms with van der Waals surface area (Å²) in [6, 6.07) is 10.8.